The summed E-state index contributed by atoms with van der Waals surface area (Å²) in [7, 11) is 1.64. The molecule has 0 aliphatic heterocycles. The van der Waals surface area contributed by atoms with Gasteiger partial charge in [0.05, 0.1) is 12.6 Å². The van der Waals surface area contributed by atoms with Gasteiger partial charge in [-0.2, -0.15) is 0 Å². The summed E-state index contributed by atoms with van der Waals surface area (Å²) in [6, 6.07) is 6.40. The van der Waals surface area contributed by atoms with E-state index in [4.69, 9.17) is 17.0 Å². The maximum absolute atomic E-state index is 12.7. The van der Waals surface area contributed by atoms with E-state index in [1.54, 1.807) is 19.2 Å². The lowest BCUT2D eigenvalue weighted by Gasteiger charge is -2.17. The molecule has 0 saturated heterocycles. The number of rotatable bonds is 5. The fraction of sp³-hybridized carbons (Fsp3) is 0.417. The lowest BCUT2D eigenvalue weighted by atomic mass is 10.1. The number of methoxy groups -OCH3 is 1. The zero-order valence-corrected chi connectivity index (χ0v) is 10.8. The molecule has 0 heterocycles. The lowest BCUT2D eigenvalue weighted by Crippen LogP contribution is -2.38. The van der Waals surface area contributed by atoms with Gasteiger partial charge < -0.3 is 15.4 Å². The van der Waals surface area contributed by atoms with Gasteiger partial charge in [0.25, 0.3) is 0 Å². The summed E-state index contributed by atoms with van der Waals surface area (Å²) in [6.45, 7) is 3.24. The standard InChI is InChI=1S/C12H17FN2OS/c1-9(10-3-5-11(13)6-4-10)15-12(17)14-7-8-16-2/h3-6,9H,7-8H2,1-2H3,(H2,14,15,17)/t9-/m1/s1. The molecule has 17 heavy (non-hydrogen) atoms. The minimum atomic E-state index is -0.234. The zero-order chi connectivity index (χ0) is 12.7. The molecule has 0 aliphatic rings. The van der Waals surface area contributed by atoms with Gasteiger partial charge in [0.1, 0.15) is 5.82 Å². The highest BCUT2D eigenvalue weighted by Gasteiger charge is 2.06. The number of ether oxygens (including phenoxy) is 1. The highest BCUT2D eigenvalue weighted by Crippen LogP contribution is 2.12. The second-order valence-electron chi connectivity index (χ2n) is 3.67. The summed E-state index contributed by atoms with van der Waals surface area (Å²) in [5.74, 6) is -0.234. The third kappa shape index (κ3) is 5.10. The van der Waals surface area contributed by atoms with Gasteiger partial charge in [0.15, 0.2) is 5.11 Å². The number of nitrogens with one attached hydrogen (secondary N) is 2. The first kappa shape index (κ1) is 13.9. The molecule has 0 aliphatic carbocycles. The Labute approximate surface area is 106 Å². The van der Waals surface area contributed by atoms with Crippen molar-refractivity contribution in [3.8, 4) is 0 Å². The Balaban J connectivity index is 2.40. The third-order valence-electron chi connectivity index (χ3n) is 2.31. The minimum absolute atomic E-state index is 0.0399. The molecular weight excluding hydrogens is 239 g/mol. The van der Waals surface area contributed by atoms with E-state index in [1.807, 2.05) is 6.92 Å². The van der Waals surface area contributed by atoms with Gasteiger partial charge in [-0.3, -0.25) is 0 Å². The quantitative estimate of drug-likeness (QED) is 0.623. The highest BCUT2D eigenvalue weighted by atomic mass is 32.1. The molecule has 5 heteroatoms. The van der Waals surface area contributed by atoms with Gasteiger partial charge in [-0.05, 0) is 36.8 Å². The summed E-state index contributed by atoms with van der Waals surface area (Å²) in [5, 5.41) is 6.70. The normalized spacial score (nSPS) is 11.9. The molecule has 0 fully saturated rings. The molecule has 1 aromatic rings. The van der Waals surface area contributed by atoms with E-state index in [-0.39, 0.29) is 11.9 Å². The first-order valence-corrected chi connectivity index (χ1v) is 5.83. The van der Waals surface area contributed by atoms with Gasteiger partial charge in [-0.15, -0.1) is 0 Å². The van der Waals surface area contributed by atoms with E-state index in [9.17, 15) is 4.39 Å². The Bertz CT molecular complexity index is 356. The molecule has 1 aromatic carbocycles. The third-order valence-corrected chi connectivity index (χ3v) is 2.57. The molecule has 94 valence electrons. The highest BCUT2D eigenvalue weighted by molar-refractivity contribution is 7.80. The summed E-state index contributed by atoms with van der Waals surface area (Å²) in [6.07, 6.45) is 0. The number of thiocarbonyl (C=S) groups is 1. The van der Waals surface area contributed by atoms with Gasteiger partial charge >= 0.3 is 0 Å². The predicted molar refractivity (Wildman–Crippen MR) is 70.4 cm³/mol. The van der Waals surface area contributed by atoms with E-state index in [0.29, 0.717) is 18.3 Å². The maximum Gasteiger partial charge on any atom is 0.166 e. The fourth-order valence-electron chi connectivity index (χ4n) is 1.35. The number of hydrogen-bond acceptors (Lipinski definition) is 2. The van der Waals surface area contributed by atoms with Crippen LogP contribution in [-0.2, 0) is 4.74 Å². The Kier molecular flexibility index (Phi) is 5.86. The van der Waals surface area contributed by atoms with E-state index in [1.165, 1.54) is 12.1 Å². The lowest BCUT2D eigenvalue weighted by molar-refractivity contribution is 0.204. The van der Waals surface area contributed by atoms with E-state index < -0.39 is 0 Å². The maximum atomic E-state index is 12.7. The van der Waals surface area contributed by atoms with Crippen molar-refractivity contribution >= 4 is 17.3 Å². The monoisotopic (exact) mass is 256 g/mol. The molecule has 0 amide bonds. The van der Waals surface area contributed by atoms with Crippen LogP contribution in [0.15, 0.2) is 24.3 Å². The first-order chi connectivity index (χ1) is 8.13. The van der Waals surface area contributed by atoms with Crippen molar-refractivity contribution in [2.45, 2.75) is 13.0 Å². The van der Waals surface area contributed by atoms with Crippen LogP contribution in [0.3, 0.4) is 0 Å². The van der Waals surface area contributed by atoms with Gasteiger partial charge in [-0.1, -0.05) is 12.1 Å². The SMILES string of the molecule is COCCNC(=S)N[C@H](C)c1ccc(F)cc1. The Morgan fingerprint density at radius 3 is 2.65 bits per heavy atom. The molecule has 0 spiro atoms. The Hall–Kier alpha value is -1.20. The molecular formula is C12H17FN2OS. The van der Waals surface area contributed by atoms with Crippen molar-refractivity contribution in [3.63, 3.8) is 0 Å². The molecule has 0 saturated carbocycles. The summed E-state index contributed by atoms with van der Waals surface area (Å²) in [5.41, 5.74) is 0.988. The smallest absolute Gasteiger partial charge is 0.166 e. The van der Waals surface area contributed by atoms with Crippen LogP contribution in [-0.4, -0.2) is 25.4 Å². The minimum Gasteiger partial charge on any atom is -0.383 e. The van der Waals surface area contributed by atoms with Crippen molar-refractivity contribution in [2.75, 3.05) is 20.3 Å². The summed E-state index contributed by atoms with van der Waals surface area (Å²) >= 11 is 5.12. The van der Waals surface area contributed by atoms with Crippen LogP contribution in [0.1, 0.15) is 18.5 Å². The van der Waals surface area contributed by atoms with E-state index in [0.717, 1.165) is 5.56 Å². The average Bonchev–Trinajstić information content (AvgIpc) is 2.30. The Morgan fingerprint density at radius 1 is 1.41 bits per heavy atom. The second-order valence-corrected chi connectivity index (χ2v) is 4.07. The molecule has 1 rings (SSSR count). The van der Waals surface area contributed by atoms with E-state index >= 15 is 0 Å². The van der Waals surface area contributed by atoms with Crippen LogP contribution in [0, 0.1) is 5.82 Å². The van der Waals surface area contributed by atoms with Gasteiger partial charge in [0.2, 0.25) is 0 Å². The second kappa shape index (κ2) is 7.19. The van der Waals surface area contributed by atoms with Crippen LogP contribution < -0.4 is 10.6 Å². The largest absolute Gasteiger partial charge is 0.383 e. The molecule has 3 nitrogen and oxygen atoms in total. The van der Waals surface area contributed by atoms with Crippen LogP contribution in [0.4, 0.5) is 4.39 Å². The Morgan fingerprint density at radius 2 is 2.06 bits per heavy atom. The average molecular weight is 256 g/mol. The molecule has 1 atom stereocenters. The van der Waals surface area contributed by atoms with Crippen molar-refractivity contribution in [3.05, 3.63) is 35.6 Å². The van der Waals surface area contributed by atoms with Gasteiger partial charge in [0, 0.05) is 13.7 Å². The van der Waals surface area contributed by atoms with Gasteiger partial charge in [-0.25, -0.2) is 4.39 Å². The summed E-state index contributed by atoms with van der Waals surface area (Å²) < 4.78 is 17.6. The molecule has 0 radical (unpaired) electrons. The van der Waals surface area contributed by atoms with Crippen LogP contribution in [0.25, 0.3) is 0 Å². The van der Waals surface area contributed by atoms with E-state index in [2.05, 4.69) is 10.6 Å². The summed E-state index contributed by atoms with van der Waals surface area (Å²) in [4.78, 5) is 0. The number of benzene rings is 1. The number of hydrogen-bond donors (Lipinski definition) is 2. The zero-order valence-electron chi connectivity index (χ0n) is 10.00. The van der Waals surface area contributed by atoms with Crippen LogP contribution in [0.5, 0.6) is 0 Å². The topological polar surface area (TPSA) is 33.3 Å². The van der Waals surface area contributed by atoms with Crippen LogP contribution in [0.2, 0.25) is 0 Å². The number of halogens is 1. The molecule has 0 bridgehead atoms. The fourth-order valence-corrected chi connectivity index (χ4v) is 1.63. The first-order valence-electron chi connectivity index (χ1n) is 5.42. The molecule has 0 unspecified atom stereocenters. The molecule has 2 N–H and O–H groups in total. The van der Waals surface area contributed by atoms with Crippen molar-refractivity contribution in [1.82, 2.24) is 10.6 Å². The van der Waals surface area contributed by atoms with Crippen molar-refractivity contribution < 1.29 is 9.13 Å². The predicted octanol–water partition coefficient (Wildman–Crippen LogP) is 2.00. The van der Waals surface area contributed by atoms with Crippen LogP contribution >= 0.6 is 12.2 Å². The van der Waals surface area contributed by atoms with Crippen molar-refractivity contribution in [1.29, 1.82) is 0 Å². The molecule has 0 aromatic heterocycles. The van der Waals surface area contributed by atoms with Crippen molar-refractivity contribution in [2.24, 2.45) is 0 Å².